The van der Waals surface area contributed by atoms with Gasteiger partial charge in [0.05, 0.1) is 0 Å². The largest absolute Gasteiger partial charge is 0.315 e. The van der Waals surface area contributed by atoms with Gasteiger partial charge in [-0.2, -0.15) is 0 Å². The Morgan fingerprint density at radius 1 is 1.24 bits per heavy atom. The molecule has 0 aliphatic heterocycles. The summed E-state index contributed by atoms with van der Waals surface area (Å²) in [5.74, 6) is 0. The number of aryl methyl sites for hydroxylation is 2. The summed E-state index contributed by atoms with van der Waals surface area (Å²) in [6, 6.07) is 7.16. The van der Waals surface area contributed by atoms with Crippen molar-refractivity contribution in [1.82, 2.24) is 10.6 Å². The molecule has 0 aliphatic rings. The highest BCUT2D eigenvalue weighted by Gasteiger charge is 2.03. The summed E-state index contributed by atoms with van der Waals surface area (Å²) in [6.45, 7) is 11.9. The van der Waals surface area contributed by atoms with Gasteiger partial charge in [0, 0.05) is 19.1 Å². The topological polar surface area (TPSA) is 24.1 Å². The lowest BCUT2D eigenvalue weighted by Crippen LogP contribution is -2.36. The fraction of sp³-hybridized carbons (Fsp3) is 0.600. The molecule has 0 aliphatic carbocycles. The standard InChI is InChI=1S/C15H26N2/c1-5-8-16-10-14(4)17-11-15-9-12(2)6-7-13(15)3/h6-7,9,14,16-17H,5,8,10-11H2,1-4H3. The summed E-state index contributed by atoms with van der Waals surface area (Å²) in [5.41, 5.74) is 4.12. The molecule has 1 rings (SSSR count). The molecule has 0 radical (unpaired) electrons. The smallest absolute Gasteiger partial charge is 0.0211 e. The Hall–Kier alpha value is -0.860. The van der Waals surface area contributed by atoms with Crippen LogP contribution in [0.15, 0.2) is 18.2 Å². The average Bonchev–Trinajstić information content (AvgIpc) is 2.31. The fourth-order valence-electron chi connectivity index (χ4n) is 1.84. The minimum absolute atomic E-state index is 0.515. The zero-order valence-corrected chi connectivity index (χ0v) is 11.6. The number of nitrogens with one attached hydrogen (secondary N) is 2. The minimum atomic E-state index is 0.515. The predicted octanol–water partition coefficient (Wildman–Crippen LogP) is 2.78. The maximum absolute atomic E-state index is 3.56. The van der Waals surface area contributed by atoms with Crippen LogP contribution in [-0.2, 0) is 6.54 Å². The molecule has 96 valence electrons. The van der Waals surface area contributed by atoms with E-state index in [9.17, 15) is 0 Å². The first-order chi connectivity index (χ1) is 8.13. The normalized spacial score (nSPS) is 12.7. The van der Waals surface area contributed by atoms with Gasteiger partial charge in [-0.15, -0.1) is 0 Å². The van der Waals surface area contributed by atoms with Gasteiger partial charge in [-0.1, -0.05) is 30.7 Å². The fourth-order valence-corrected chi connectivity index (χ4v) is 1.84. The van der Waals surface area contributed by atoms with Gasteiger partial charge in [0.2, 0.25) is 0 Å². The Morgan fingerprint density at radius 3 is 2.71 bits per heavy atom. The van der Waals surface area contributed by atoms with E-state index in [0.717, 1.165) is 19.6 Å². The molecule has 0 heterocycles. The number of rotatable bonds is 7. The average molecular weight is 234 g/mol. The molecule has 2 heteroatoms. The monoisotopic (exact) mass is 234 g/mol. The first-order valence-electron chi connectivity index (χ1n) is 6.63. The number of hydrogen-bond acceptors (Lipinski definition) is 2. The predicted molar refractivity (Wildman–Crippen MR) is 75.4 cm³/mol. The van der Waals surface area contributed by atoms with Crippen molar-refractivity contribution in [2.24, 2.45) is 0 Å². The van der Waals surface area contributed by atoms with Crippen LogP contribution in [0.1, 0.15) is 37.0 Å². The van der Waals surface area contributed by atoms with Gasteiger partial charge in [0.25, 0.3) is 0 Å². The van der Waals surface area contributed by atoms with Gasteiger partial charge in [-0.3, -0.25) is 0 Å². The van der Waals surface area contributed by atoms with Gasteiger partial charge in [-0.05, 0) is 44.9 Å². The molecule has 1 atom stereocenters. The van der Waals surface area contributed by atoms with Gasteiger partial charge < -0.3 is 10.6 Å². The van der Waals surface area contributed by atoms with Gasteiger partial charge in [0.15, 0.2) is 0 Å². The lowest BCUT2D eigenvalue weighted by atomic mass is 10.1. The van der Waals surface area contributed by atoms with Crippen LogP contribution >= 0.6 is 0 Å². The zero-order valence-electron chi connectivity index (χ0n) is 11.6. The summed E-state index contributed by atoms with van der Waals surface area (Å²) in [4.78, 5) is 0. The van der Waals surface area contributed by atoms with Crippen molar-refractivity contribution >= 4 is 0 Å². The molecule has 0 amide bonds. The zero-order chi connectivity index (χ0) is 12.7. The van der Waals surface area contributed by atoms with E-state index < -0.39 is 0 Å². The van der Waals surface area contributed by atoms with Crippen molar-refractivity contribution < 1.29 is 0 Å². The summed E-state index contributed by atoms with van der Waals surface area (Å²) >= 11 is 0. The quantitative estimate of drug-likeness (QED) is 0.709. The van der Waals surface area contributed by atoms with E-state index in [4.69, 9.17) is 0 Å². The van der Waals surface area contributed by atoms with Crippen LogP contribution in [0.5, 0.6) is 0 Å². The van der Waals surface area contributed by atoms with E-state index in [1.54, 1.807) is 0 Å². The maximum atomic E-state index is 3.56. The first-order valence-corrected chi connectivity index (χ1v) is 6.63. The molecule has 1 aromatic rings. The van der Waals surface area contributed by atoms with E-state index in [0.29, 0.717) is 6.04 Å². The molecule has 0 saturated carbocycles. The Labute approximate surface area is 106 Å². The molecular formula is C15H26N2. The van der Waals surface area contributed by atoms with E-state index in [2.05, 4.69) is 56.5 Å². The highest BCUT2D eigenvalue weighted by Crippen LogP contribution is 2.10. The Morgan fingerprint density at radius 2 is 2.00 bits per heavy atom. The van der Waals surface area contributed by atoms with E-state index >= 15 is 0 Å². The van der Waals surface area contributed by atoms with Gasteiger partial charge in [0.1, 0.15) is 0 Å². The highest BCUT2D eigenvalue weighted by molar-refractivity contribution is 5.30. The molecule has 0 aromatic heterocycles. The molecule has 0 bridgehead atoms. The minimum Gasteiger partial charge on any atom is -0.315 e. The van der Waals surface area contributed by atoms with Crippen molar-refractivity contribution in [2.45, 2.75) is 46.7 Å². The van der Waals surface area contributed by atoms with Crippen LogP contribution in [0.3, 0.4) is 0 Å². The molecule has 17 heavy (non-hydrogen) atoms. The molecular weight excluding hydrogens is 208 g/mol. The van der Waals surface area contributed by atoms with Crippen LogP contribution in [0, 0.1) is 13.8 Å². The van der Waals surface area contributed by atoms with Crippen molar-refractivity contribution in [3.63, 3.8) is 0 Å². The molecule has 1 aromatic carbocycles. The third-order valence-corrected chi connectivity index (χ3v) is 3.02. The molecule has 0 saturated heterocycles. The molecule has 0 fully saturated rings. The highest BCUT2D eigenvalue weighted by atomic mass is 15.0. The third-order valence-electron chi connectivity index (χ3n) is 3.02. The SMILES string of the molecule is CCCNCC(C)NCc1cc(C)ccc1C. The van der Waals surface area contributed by atoms with E-state index in [1.165, 1.54) is 23.1 Å². The Balaban J connectivity index is 2.36. The first kappa shape index (κ1) is 14.2. The maximum Gasteiger partial charge on any atom is 0.0211 e. The van der Waals surface area contributed by atoms with Gasteiger partial charge >= 0.3 is 0 Å². The number of benzene rings is 1. The third kappa shape index (κ3) is 5.33. The summed E-state index contributed by atoms with van der Waals surface area (Å²) in [7, 11) is 0. The molecule has 2 nitrogen and oxygen atoms in total. The second-order valence-electron chi connectivity index (χ2n) is 4.92. The van der Waals surface area contributed by atoms with E-state index in [-0.39, 0.29) is 0 Å². The summed E-state index contributed by atoms with van der Waals surface area (Å²) < 4.78 is 0. The number of hydrogen-bond donors (Lipinski definition) is 2. The van der Waals surface area contributed by atoms with Crippen molar-refractivity contribution in [3.05, 3.63) is 34.9 Å². The lowest BCUT2D eigenvalue weighted by molar-refractivity contribution is 0.500. The Kier molecular flexibility index (Phi) is 6.23. The van der Waals surface area contributed by atoms with Crippen LogP contribution < -0.4 is 10.6 Å². The van der Waals surface area contributed by atoms with Crippen LogP contribution in [0.25, 0.3) is 0 Å². The lowest BCUT2D eigenvalue weighted by Gasteiger charge is -2.16. The van der Waals surface area contributed by atoms with Crippen molar-refractivity contribution in [1.29, 1.82) is 0 Å². The van der Waals surface area contributed by atoms with Crippen molar-refractivity contribution in [3.8, 4) is 0 Å². The Bertz CT molecular complexity index is 334. The second kappa shape index (κ2) is 7.46. The van der Waals surface area contributed by atoms with Crippen LogP contribution in [-0.4, -0.2) is 19.1 Å². The van der Waals surface area contributed by atoms with Crippen LogP contribution in [0.4, 0.5) is 0 Å². The molecule has 0 spiro atoms. The molecule has 2 N–H and O–H groups in total. The summed E-state index contributed by atoms with van der Waals surface area (Å²) in [6.07, 6.45) is 1.20. The van der Waals surface area contributed by atoms with Crippen molar-refractivity contribution in [2.75, 3.05) is 13.1 Å². The molecule has 1 unspecified atom stereocenters. The van der Waals surface area contributed by atoms with E-state index in [1.807, 2.05) is 0 Å². The summed E-state index contributed by atoms with van der Waals surface area (Å²) in [5, 5.41) is 7.00. The second-order valence-corrected chi connectivity index (χ2v) is 4.92. The van der Waals surface area contributed by atoms with Gasteiger partial charge in [-0.25, -0.2) is 0 Å². The van der Waals surface area contributed by atoms with Crippen LogP contribution in [0.2, 0.25) is 0 Å².